The molecule has 0 spiro atoms. The molecule has 2 aromatic heterocycles. The molecule has 0 radical (unpaired) electrons. The number of carbonyl (C=O) groups excluding carboxylic acids is 1. The summed E-state index contributed by atoms with van der Waals surface area (Å²) >= 11 is 0. The van der Waals surface area contributed by atoms with Crippen LogP contribution in [-0.2, 0) is 11.3 Å². The zero-order valence-electron chi connectivity index (χ0n) is 16.5. The van der Waals surface area contributed by atoms with E-state index in [0.29, 0.717) is 12.2 Å². The van der Waals surface area contributed by atoms with E-state index < -0.39 is 0 Å². The van der Waals surface area contributed by atoms with Gasteiger partial charge in [-0.15, -0.1) is 5.10 Å². The summed E-state index contributed by atoms with van der Waals surface area (Å²) in [6.45, 7) is 6.28. The van der Waals surface area contributed by atoms with Gasteiger partial charge < -0.3 is 15.0 Å². The maximum absolute atomic E-state index is 12.5. The first kappa shape index (κ1) is 19.1. The molecule has 1 saturated heterocycles. The number of pyridine rings is 1. The third-order valence-corrected chi connectivity index (χ3v) is 4.71. The summed E-state index contributed by atoms with van der Waals surface area (Å²) in [5.74, 6) is 0.561. The Labute approximate surface area is 169 Å². The first-order chi connectivity index (χ1) is 14.1. The minimum atomic E-state index is -0.313. The molecular weight excluding hydrogens is 368 g/mol. The molecule has 1 fully saturated rings. The van der Waals surface area contributed by atoms with E-state index in [1.165, 1.54) is 0 Å². The first-order valence-corrected chi connectivity index (χ1v) is 9.68. The van der Waals surface area contributed by atoms with Gasteiger partial charge >= 0.3 is 0 Å². The fourth-order valence-electron chi connectivity index (χ4n) is 3.46. The Morgan fingerprint density at radius 1 is 1.14 bits per heavy atom. The molecular formula is C21H24N6O2. The molecule has 8 heteroatoms. The molecule has 2 atom stereocenters. The molecule has 1 N–H and O–H groups in total. The van der Waals surface area contributed by atoms with Gasteiger partial charge in [0.25, 0.3) is 5.91 Å². The van der Waals surface area contributed by atoms with Gasteiger partial charge in [0.05, 0.1) is 36.8 Å². The number of amides is 1. The van der Waals surface area contributed by atoms with Gasteiger partial charge in [-0.05, 0) is 31.5 Å². The second-order valence-electron chi connectivity index (χ2n) is 7.31. The maximum Gasteiger partial charge on any atom is 0.277 e. The fourth-order valence-corrected chi connectivity index (χ4v) is 3.46. The van der Waals surface area contributed by atoms with Crippen LogP contribution in [0.4, 0.5) is 11.5 Å². The van der Waals surface area contributed by atoms with Crippen molar-refractivity contribution in [2.75, 3.05) is 23.3 Å². The maximum atomic E-state index is 12.5. The lowest BCUT2D eigenvalue weighted by Crippen LogP contribution is -2.45. The van der Waals surface area contributed by atoms with Gasteiger partial charge in [-0.2, -0.15) is 0 Å². The fraction of sp³-hybridized carbons (Fsp3) is 0.333. The number of aromatic nitrogens is 4. The van der Waals surface area contributed by atoms with Gasteiger partial charge in [-0.25, -0.2) is 9.67 Å². The van der Waals surface area contributed by atoms with E-state index in [0.717, 1.165) is 24.5 Å². The molecule has 8 nitrogen and oxygen atoms in total. The van der Waals surface area contributed by atoms with Crippen molar-refractivity contribution in [1.82, 2.24) is 20.0 Å². The van der Waals surface area contributed by atoms with Crippen molar-refractivity contribution in [2.45, 2.75) is 32.6 Å². The first-order valence-electron chi connectivity index (χ1n) is 9.68. The lowest BCUT2D eigenvalue weighted by molar-refractivity contribution is -0.00545. The molecule has 0 bridgehead atoms. The second-order valence-corrected chi connectivity index (χ2v) is 7.31. The highest BCUT2D eigenvalue weighted by Gasteiger charge is 2.23. The van der Waals surface area contributed by atoms with Gasteiger partial charge in [-0.3, -0.25) is 4.79 Å². The van der Waals surface area contributed by atoms with Crippen molar-refractivity contribution in [3.05, 3.63) is 66.1 Å². The van der Waals surface area contributed by atoms with Crippen LogP contribution in [0, 0.1) is 0 Å². The molecule has 0 saturated carbocycles. The molecule has 3 heterocycles. The number of ether oxygens (including phenoxy) is 1. The minimum absolute atomic E-state index is 0.165. The zero-order chi connectivity index (χ0) is 20.2. The third kappa shape index (κ3) is 4.78. The Bertz CT molecular complexity index is 947. The average Bonchev–Trinajstić information content (AvgIpc) is 3.17. The minimum Gasteiger partial charge on any atom is -0.372 e. The molecule has 1 aromatic carbocycles. The summed E-state index contributed by atoms with van der Waals surface area (Å²) in [5, 5.41) is 10.8. The second kappa shape index (κ2) is 8.40. The topological polar surface area (TPSA) is 85.2 Å². The van der Waals surface area contributed by atoms with E-state index in [2.05, 4.69) is 39.4 Å². The smallest absolute Gasteiger partial charge is 0.277 e. The van der Waals surface area contributed by atoms with Gasteiger partial charge in [0.2, 0.25) is 0 Å². The van der Waals surface area contributed by atoms with Crippen LogP contribution in [-0.4, -0.2) is 51.2 Å². The zero-order valence-corrected chi connectivity index (χ0v) is 16.5. The SMILES string of the molecule is C[C@H]1CN(c2ccc(NC(=O)c3cn(Cc4ccccc4)nn3)cn2)C[C@H](C)O1. The number of benzene rings is 1. The number of anilines is 2. The predicted molar refractivity (Wildman–Crippen MR) is 110 cm³/mol. The van der Waals surface area contributed by atoms with Gasteiger partial charge in [-0.1, -0.05) is 35.5 Å². The number of nitrogens with one attached hydrogen (secondary N) is 1. The standard InChI is InChI=1S/C21H24N6O2/c1-15-11-26(12-16(2)29-15)20-9-8-18(10-22-20)23-21(28)19-14-27(25-24-19)13-17-6-4-3-5-7-17/h3-10,14-16H,11-13H2,1-2H3,(H,23,28)/t15-,16-/m0/s1. The van der Waals surface area contributed by atoms with Crippen LogP contribution < -0.4 is 10.2 Å². The summed E-state index contributed by atoms with van der Waals surface area (Å²) in [6.07, 6.45) is 3.63. The molecule has 0 unspecified atom stereocenters. The summed E-state index contributed by atoms with van der Waals surface area (Å²) in [4.78, 5) is 19.2. The van der Waals surface area contributed by atoms with E-state index in [1.807, 2.05) is 42.5 Å². The van der Waals surface area contributed by atoms with Crippen molar-refractivity contribution in [1.29, 1.82) is 0 Å². The summed E-state index contributed by atoms with van der Waals surface area (Å²) in [5.41, 5.74) is 1.97. The van der Waals surface area contributed by atoms with Crippen molar-refractivity contribution in [3.8, 4) is 0 Å². The van der Waals surface area contributed by atoms with E-state index in [9.17, 15) is 4.79 Å². The molecule has 1 amide bonds. The lowest BCUT2D eigenvalue weighted by Gasteiger charge is -2.36. The molecule has 1 aliphatic rings. The van der Waals surface area contributed by atoms with Crippen LogP contribution >= 0.6 is 0 Å². The van der Waals surface area contributed by atoms with Crippen LogP contribution in [0.25, 0.3) is 0 Å². The van der Waals surface area contributed by atoms with E-state index >= 15 is 0 Å². The average molecular weight is 392 g/mol. The van der Waals surface area contributed by atoms with Crippen molar-refractivity contribution >= 4 is 17.4 Å². The van der Waals surface area contributed by atoms with E-state index in [4.69, 9.17) is 4.74 Å². The predicted octanol–water partition coefficient (Wildman–Crippen LogP) is 2.59. The van der Waals surface area contributed by atoms with Gasteiger partial charge in [0.1, 0.15) is 5.82 Å². The largest absolute Gasteiger partial charge is 0.372 e. The molecule has 0 aliphatic carbocycles. The van der Waals surface area contributed by atoms with Gasteiger partial charge in [0, 0.05) is 13.1 Å². The molecule has 3 aromatic rings. The number of carbonyl (C=O) groups is 1. The van der Waals surface area contributed by atoms with Crippen LogP contribution in [0.3, 0.4) is 0 Å². The highest BCUT2D eigenvalue weighted by atomic mass is 16.5. The van der Waals surface area contributed by atoms with E-state index in [-0.39, 0.29) is 23.8 Å². The normalized spacial score (nSPS) is 19.2. The van der Waals surface area contributed by atoms with Crippen molar-refractivity contribution in [3.63, 3.8) is 0 Å². The molecule has 29 heavy (non-hydrogen) atoms. The monoisotopic (exact) mass is 392 g/mol. The summed E-state index contributed by atoms with van der Waals surface area (Å²) < 4.78 is 7.41. The Morgan fingerprint density at radius 3 is 2.59 bits per heavy atom. The van der Waals surface area contributed by atoms with Crippen LogP contribution in [0.1, 0.15) is 29.9 Å². The quantitative estimate of drug-likeness (QED) is 0.718. The van der Waals surface area contributed by atoms with Gasteiger partial charge in [0.15, 0.2) is 5.69 Å². The highest BCUT2D eigenvalue weighted by Crippen LogP contribution is 2.20. The summed E-state index contributed by atoms with van der Waals surface area (Å²) in [7, 11) is 0. The third-order valence-electron chi connectivity index (χ3n) is 4.71. The number of morpholine rings is 1. The molecule has 1 aliphatic heterocycles. The number of nitrogens with zero attached hydrogens (tertiary/aromatic N) is 5. The van der Waals surface area contributed by atoms with Crippen LogP contribution in [0.15, 0.2) is 54.9 Å². The van der Waals surface area contributed by atoms with E-state index in [1.54, 1.807) is 17.1 Å². The van der Waals surface area contributed by atoms with Crippen molar-refractivity contribution in [2.24, 2.45) is 0 Å². The Balaban J connectivity index is 1.37. The Morgan fingerprint density at radius 2 is 1.90 bits per heavy atom. The van der Waals surface area contributed by atoms with Crippen LogP contribution in [0.5, 0.6) is 0 Å². The van der Waals surface area contributed by atoms with Crippen LogP contribution in [0.2, 0.25) is 0 Å². The number of hydrogen-bond donors (Lipinski definition) is 1. The molecule has 4 rings (SSSR count). The Kier molecular flexibility index (Phi) is 5.53. The highest BCUT2D eigenvalue weighted by molar-refractivity contribution is 6.02. The summed E-state index contributed by atoms with van der Waals surface area (Å²) in [6, 6.07) is 13.7. The number of rotatable bonds is 5. The lowest BCUT2D eigenvalue weighted by atomic mass is 10.2. The Hall–Kier alpha value is -3.26. The van der Waals surface area contributed by atoms with Crippen molar-refractivity contribution < 1.29 is 9.53 Å². The number of hydrogen-bond acceptors (Lipinski definition) is 6. The molecule has 150 valence electrons.